The van der Waals surface area contributed by atoms with Crippen LogP contribution in [0.5, 0.6) is 0 Å². The largest absolute Gasteiger partial charge is 0.365 e. The molecule has 29 heavy (non-hydrogen) atoms. The highest BCUT2D eigenvalue weighted by molar-refractivity contribution is 5.99. The van der Waals surface area contributed by atoms with E-state index in [1.165, 1.54) is 0 Å². The summed E-state index contributed by atoms with van der Waals surface area (Å²) in [5.41, 5.74) is 12.3. The number of pyridine rings is 2. The number of primary amides is 1. The molecule has 1 aliphatic carbocycles. The predicted octanol–water partition coefficient (Wildman–Crippen LogP) is 3.29. The van der Waals surface area contributed by atoms with Gasteiger partial charge in [-0.25, -0.2) is 9.37 Å². The fraction of sp³-hybridized carbons (Fsp3) is 0.286. The third kappa shape index (κ3) is 4.12. The van der Waals surface area contributed by atoms with Gasteiger partial charge in [0.05, 0.1) is 5.56 Å². The van der Waals surface area contributed by atoms with E-state index in [-0.39, 0.29) is 29.3 Å². The Bertz CT molecular complexity index is 1060. The Morgan fingerprint density at radius 2 is 1.93 bits per heavy atom. The molecule has 0 saturated heterocycles. The molecule has 1 amide bonds. The van der Waals surface area contributed by atoms with Crippen LogP contribution in [0.4, 0.5) is 21.7 Å². The second-order valence-electron chi connectivity index (χ2n) is 7.34. The molecule has 0 unspecified atom stereocenters. The van der Waals surface area contributed by atoms with Crippen LogP contribution >= 0.6 is 0 Å². The highest BCUT2D eigenvalue weighted by atomic mass is 19.1. The van der Waals surface area contributed by atoms with Crippen LogP contribution in [0.3, 0.4) is 0 Å². The number of halogens is 1. The average Bonchev–Trinajstić information content (AvgIpc) is 2.71. The maximum atomic E-state index is 14.6. The van der Waals surface area contributed by atoms with Gasteiger partial charge in [0, 0.05) is 35.6 Å². The van der Waals surface area contributed by atoms with E-state index in [1.54, 1.807) is 12.4 Å². The van der Waals surface area contributed by atoms with Gasteiger partial charge >= 0.3 is 0 Å². The molecule has 8 heteroatoms. The van der Waals surface area contributed by atoms with Crippen LogP contribution in [-0.4, -0.2) is 28.0 Å². The monoisotopic (exact) mass is 394 g/mol. The molecule has 6 N–H and O–H groups in total. The Morgan fingerprint density at radius 1 is 1.10 bits per heavy atom. The zero-order chi connectivity index (χ0) is 20.4. The lowest BCUT2D eigenvalue weighted by Crippen LogP contribution is -2.43. The molecule has 1 saturated carbocycles. The summed E-state index contributed by atoms with van der Waals surface area (Å²) < 4.78 is 14.6. The predicted molar refractivity (Wildman–Crippen MR) is 112 cm³/mol. The number of rotatable bonds is 5. The maximum Gasteiger partial charge on any atom is 0.252 e. The minimum absolute atomic E-state index is 0.0178. The van der Waals surface area contributed by atoms with E-state index in [0.29, 0.717) is 5.69 Å². The molecule has 2 aromatic heterocycles. The molecule has 1 aromatic carbocycles. The fourth-order valence-corrected chi connectivity index (χ4v) is 3.69. The summed E-state index contributed by atoms with van der Waals surface area (Å²) in [5.74, 6) is -1.14. The zero-order valence-electron chi connectivity index (χ0n) is 15.9. The second kappa shape index (κ2) is 8.00. The van der Waals surface area contributed by atoms with Gasteiger partial charge in [-0.3, -0.25) is 9.78 Å². The summed E-state index contributed by atoms with van der Waals surface area (Å²) >= 11 is 0. The number of fused-ring (bicyclic) bond motifs is 1. The minimum atomic E-state index is -0.759. The molecule has 7 nitrogen and oxygen atoms in total. The van der Waals surface area contributed by atoms with Crippen LogP contribution in [-0.2, 0) is 0 Å². The Kier molecular flexibility index (Phi) is 5.26. The molecule has 0 radical (unpaired) electrons. The first-order valence-electron chi connectivity index (χ1n) is 9.64. The molecule has 0 spiro atoms. The van der Waals surface area contributed by atoms with Crippen molar-refractivity contribution in [3.8, 4) is 0 Å². The Balaban J connectivity index is 1.67. The normalized spacial score (nSPS) is 19.1. The summed E-state index contributed by atoms with van der Waals surface area (Å²) in [5, 5.41) is 8.15. The van der Waals surface area contributed by atoms with E-state index in [0.717, 1.165) is 42.5 Å². The lowest BCUT2D eigenvalue weighted by molar-refractivity contribution is 0.100. The van der Waals surface area contributed by atoms with Gasteiger partial charge in [-0.15, -0.1) is 0 Å². The van der Waals surface area contributed by atoms with E-state index in [9.17, 15) is 9.18 Å². The van der Waals surface area contributed by atoms with Crippen molar-refractivity contribution < 1.29 is 9.18 Å². The lowest BCUT2D eigenvalue weighted by Gasteiger charge is -2.30. The van der Waals surface area contributed by atoms with Crippen molar-refractivity contribution in [2.45, 2.75) is 37.8 Å². The molecular weight excluding hydrogens is 371 g/mol. The highest BCUT2D eigenvalue weighted by Crippen LogP contribution is 2.27. The smallest absolute Gasteiger partial charge is 0.252 e. The number of hydrogen-bond donors (Lipinski definition) is 4. The number of anilines is 3. The number of carbonyl (C=O) groups is 1. The first kappa shape index (κ1) is 19.1. The summed E-state index contributed by atoms with van der Waals surface area (Å²) in [4.78, 5) is 20.3. The van der Waals surface area contributed by atoms with Crippen molar-refractivity contribution in [2.75, 3.05) is 10.6 Å². The van der Waals surface area contributed by atoms with Gasteiger partial charge in [0.1, 0.15) is 5.82 Å². The van der Waals surface area contributed by atoms with Crippen LogP contribution in [0.25, 0.3) is 10.8 Å². The van der Waals surface area contributed by atoms with Crippen molar-refractivity contribution in [1.82, 2.24) is 9.97 Å². The van der Waals surface area contributed by atoms with Crippen molar-refractivity contribution >= 4 is 34.0 Å². The van der Waals surface area contributed by atoms with Crippen LogP contribution in [0.2, 0.25) is 0 Å². The van der Waals surface area contributed by atoms with Gasteiger partial charge in [0.2, 0.25) is 0 Å². The number of carbonyl (C=O) groups excluding carboxylic acids is 1. The summed E-state index contributed by atoms with van der Waals surface area (Å²) in [6.45, 7) is 0. The van der Waals surface area contributed by atoms with Crippen molar-refractivity contribution in [3.05, 3.63) is 54.1 Å². The van der Waals surface area contributed by atoms with Gasteiger partial charge in [-0.1, -0.05) is 18.9 Å². The topological polar surface area (TPSA) is 119 Å². The Morgan fingerprint density at radius 3 is 2.72 bits per heavy atom. The first-order valence-corrected chi connectivity index (χ1v) is 9.64. The Hall–Kier alpha value is -3.26. The number of nitrogens with two attached hydrogens (primary N) is 2. The number of hydrogen-bond acceptors (Lipinski definition) is 6. The first-order chi connectivity index (χ1) is 14.0. The number of nitrogens with zero attached hydrogens (tertiary/aromatic N) is 2. The third-order valence-electron chi connectivity index (χ3n) is 5.29. The van der Waals surface area contributed by atoms with E-state index in [4.69, 9.17) is 11.5 Å². The van der Waals surface area contributed by atoms with Crippen molar-refractivity contribution in [1.29, 1.82) is 0 Å². The molecule has 1 aliphatic rings. The molecule has 0 aliphatic heterocycles. The van der Waals surface area contributed by atoms with Gasteiger partial charge in [0.15, 0.2) is 11.6 Å². The quantitative estimate of drug-likeness (QED) is 0.527. The summed E-state index contributed by atoms with van der Waals surface area (Å²) in [7, 11) is 0. The third-order valence-corrected chi connectivity index (χ3v) is 5.29. The molecule has 1 fully saturated rings. The van der Waals surface area contributed by atoms with Crippen LogP contribution in [0.1, 0.15) is 36.0 Å². The fourth-order valence-electron chi connectivity index (χ4n) is 3.69. The number of benzene rings is 1. The maximum absolute atomic E-state index is 14.6. The molecule has 3 aromatic rings. The molecule has 4 rings (SSSR count). The molecule has 0 bridgehead atoms. The van der Waals surface area contributed by atoms with Gasteiger partial charge in [-0.2, -0.15) is 0 Å². The molecular formula is C21H23FN6O. The van der Waals surface area contributed by atoms with Crippen LogP contribution in [0.15, 0.2) is 42.7 Å². The standard InChI is InChI=1S/C21H23FN6O/c22-16-10-15(19(24)29)20(28-21(16)27-18-4-2-1-3-17(18)23)26-14-6-5-13-11-25-8-7-12(13)9-14/h5-11,17-18H,1-4,23H2,(H2,24,29)(H2,26,27,28)/t17-,18+/m0/s1. The van der Waals surface area contributed by atoms with Gasteiger partial charge in [-0.05, 0) is 42.5 Å². The SMILES string of the molecule is NC(=O)c1cc(F)c(N[C@@H]2CCCC[C@@H]2N)nc1Nc1ccc2cnccc2c1. The lowest BCUT2D eigenvalue weighted by atomic mass is 9.91. The highest BCUT2D eigenvalue weighted by Gasteiger charge is 2.24. The summed E-state index contributed by atoms with van der Waals surface area (Å²) in [6.07, 6.45) is 7.30. The van der Waals surface area contributed by atoms with E-state index >= 15 is 0 Å². The molecule has 2 heterocycles. The van der Waals surface area contributed by atoms with E-state index in [1.807, 2.05) is 24.3 Å². The number of amides is 1. The minimum Gasteiger partial charge on any atom is -0.365 e. The van der Waals surface area contributed by atoms with Crippen LogP contribution < -0.4 is 22.1 Å². The molecule has 150 valence electrons. The van der Waals surface area contributed by atoms with E-state index < -0.39 is 11.7 Å². The number of nitrogens with one attached hydrogen (secondary N) is 2. The zero-order valence-corrected chi connectivity index (χ0v) is 15.9. The van der Waals surface area contributed by atoms with Crippen molar-refractivity contribution in [2.24, 2.45) is 11.5 Å². The average molecular weight is 394 g/mol. The Labute approximate surface area is 167 Å². The van der Waals surface area contributed by atoms with Gasteiger partial charge < -0.3 is 22.1 Å². The number of aromatic nitrogens is 2. The van der Waals surface area contributed by atoms with Crippen molar-refractivity contribution in [3.63, 3.8) is 0 Å². The van der Waals surface area contributed by atoms with E-state index in [2.05, 4.69) is 20.6 Å². The summed E-state index contributed by atoms with van der Waals surface area (Å²) in [6, 6.07) is 8.50. The van der Waals surface area contributed by atoms with Crippen LogP contribution in [0, 0.1) is 5.82 Å². The second-order valence-corrected chi connectivity index (χ2v) is 7.34. The van der Waals surface area contributed by atoms with Gasteiger partial charge in [0.25, 0.3) is 5.91 Å². The molecule has 2 atom stereocenters.